The average molecular weight is 267 g/mol. The first-order chi connectivity index (χ1) is 8.99. The zero-order valence-electron chi connectivity index (χ0n) is 10.9. The number of nitrogens with two attached hydrogens (primary N) is 1. The predicted molar refractivity (Wildman–Crippen MR) is 71.6 cm³/mol. The van der Waals surface area contributed by atoms with Crippen molar-refractivity contribution in [1.29, 1.82) is 0 Å². The molecule has 2 atom stereocenters. The van der Waals surface area contributed by atoms with Crippen LogP contribution in [0.4, 0.5) is 15.8 Å². The van der Waals surface area contributed by atoms with Crippen LogP contribution >= 0.6 is 0 Å². The van der Waals surface area contributed by atoms with E-state index in [0.717, 1.165) is 31.7 Å². The summed E-state index contributed by atoms with van der Waals surface area (Å²) >= 11 is 0. The summed E-state index contributed by atoms with van der Waals surface area (Å²) in [5.74, 6) is -0.565. The molecule has 0 amide bonds. The topological polar surface area (TPSA) is 81.2 Å². The molecule has 1 fully saturated rings. The van der Waals surface area contributed by atoms with Gasteiger partial charge >= 0.3 is 0 Å². The normalized spacial score (nSPS) is 23.1. The van der Waals surface area contributed by atoms with Gasteiger partial charge in [0.15, 0.2) is 0 Å². The van der Waals surface area contributed by atoms with Crippen LogP contribution in [0.1, 0.15) is 31.2 Å². The Labute approximate surface area is 111 Å². The highest BCUT2D eigenvalue weighted by Gasteiger charge is 2.25. The molecule has 0 unspecified atom stereocenters. The molecular formula is C13H18FN3O2. The molecule has 1 aromatic rings. The summed E-state index contributed by atoms with van der Waals surface area (Å²) < 4.78 is 13.4. The summed E-state index contributed by atoms with van der Waals surface area (Å²) in [6.45, 7) is 1.59. The molecule has 2 rings (SSSR count). The van der Waals surface area contributed by atoms with Gasteiger partial charge in [0.2, 0.25) is 0 Å². The highest BCUT2D eigenvalue weighted by Crippen LogP contribution is 2.30. The van der Waals surface area contributed by atoms with Gasteiger partial charge in [-0.3, -0.25) is 10.1 Å². The molecule has 0 bridgehead atoms. The minimum Gasteiger partial charge on any atom is -0.375 e. The lowest BCUT2D eigenvalue weighted by Gasteiger charge is -2.30. The van der Waals surface area contributed by atoms with Gasteiger partial charge in [0.25, 0.3) is 5.69 Å². The quantitative estimate of drug-likeness (QED) is 0.651. The number of benzene rings is 1. The predicted octanol–water partition coefficient (Wildman–Crippen LogP) is 2.72. The molecule has 1 saturated carbocycles. The van der Waals surface area contributed by atoms with Crippen LogP contribution in [0.3, 0.4) is 0 Å². The van der Waals surface area contributed by atoms with Crippen molar-refractivity contribution in [2.24, 2.45) is 5.73 Å². The third kappa shape index (κ3) is 3.01. The number of hydrogen-bond acceptors (Lipinski definition) is 4. The molecule has 19 heavy (non-hydrogen) atoms. The molecule has 0 aromatic heterocycles. The van der Waals surface area contributed by atoms with Crippen molar-refractivity contribution in [1.82, 2.24) is 0 Å². The molecule has 0 spiro atoms. The molecule has 1 aromatic carbocycles. The summed E-state index contributed by atoms with van der Waals surface area (Å²) in [6, 6.07) is 2.44. The van der Waals surface area contributed by atoms with Crippen LogP contribution in [-0.2, 0) is 0 Å². The number of nitro groups is 1. The lowest BCUT2D eigenvalue weighted by molar-refractivity contribution is -0.384. The summed E-state index contributed by atoms with van der Waals surface area (Å²) in [7, 11) is 0. The first-order valence-electron chi connectivity index (χ1n) is 6.45. The number of nitrogens with zero attached hydrogens (tertiary/aromatic N) is 1. The monoisotopic (exact) mass is 267 g/mol. The van der Waals surface area contributed by atoms with Crippen molar-refractivity contribution in [3.63, 3.8) is 0 Å². The first kappa shape index (κ1) is 13.7. The maximum Gasteiger partial charge on any atom is 0.295 e. The second-order valence-corrected chi connectivity index (χ2v) is 5.07. The van der Waals surface area contributed by atoms with E-state index in [0.29, 0.717) is 11.3 Å². The van der Waals surface area contributed by atoms with Crippen LogP contribution in [0.2, 0.25) is 0 Å². The Kier molecular flexibility index (Phi) is 3.99. The zero-order chi connectivity index (χ0) is 14.0. The summed E-state index contributed by atoms with van der Waals surface area (Å²) in [5, 5.41) is 14.1. The van der Waals surface area contributed by atoms with E-state index in [1.807, 2.05) is 0 Å². The maximum absolute atomic E-state index is 13.4. The largest absolute Gasteiger partial charge is 0.375 e. The standard InChI is InChI=1S/C13H18FN3O2/c1-8-6-12(13(17(18)19)7-9(8)14)16-11-5-3-2-4-10(11)15/h6-7,10-11,16H,2-5,15H2,1H3/t10-,11-/m1/s1. The van der Waals surface area contributed by atoms with Gasteiger partial charge in [0.05, 0.1) is 11.0 Å². The zero-order valence-corrected chi connectivity index (χ0v) is 10.9. The first-order valence-corrected chi connectivity index (χ1v) is 6.45. The van der Waals surface area contributed by atoms with Crippen LogP contribution in [0.5, 0.6) is 0 Å². The van der Waals surface area contributed by atoms with E-state index in [2.05, 4.69) is 5.32 Å². The molecule has 0 aliphatic heterocycles. The molecular weight excluding hydrogens is 249 g/mol. The summed E-state index contributed by atoms with van der Waals surface area (Å²) in [5.41, 5.74) is 6.52. The van der Waals surface area contributed by atoms with E-state index in [9.17, 15) is 14.5 Å². The second kappa shape index (κ2) is 5.52. The number of halogens is 1. The van der Waals surface area contributed by atoms with Crippen LogP contribution in [0.15, 0.2) is 12.1 Å². The van der Waals surface area contributed by atoms with Crippen LogP contribution < -0.4 is 11.1 Å². The van der Waals surface area contributed by atoms with Gasteiger partial charge in [-0.25, -0.2) is 4.39 Å². The molecule has 5 nitrogen and oxygen atoms in total. The fraction of sp³-hybridized carbons (Fsp3) is 0.538. The number of hydrogen-bond donors (Lipinski definition) is 2. The Bertz CT molecular complexity index is 493. The van der Waals surface area contributed by atoms with Crippen molar-refractivity contribution in [3.05, 3.63) is 33.6 Å². The third-order valence-electron chi connectivity index (χ3n) is 3.63. The van der Waals surface area contributed by atoms with E-state index in [1.165, 1.54) is 6.07 Å². The Morgan fingerprint density at radius 1 is 1.42 bits per heavy atom. The fourth-order valence-corrected chi connectivity index (χ4v) is 2.48. The molecule has 0 radical (unpaired) electrons. The number of aryl methyl sites for hydroxylation is 1. The van der Waals surface area contributed by atoms with Gasteiger partial charge < -0.3 is 11.1 Å². The smallest absolute Gasteiger partial charge is 0.295 e. The number of anilines is 1. The minimum atomic E-state index is -0.570. The number of nitrogens with one attached hydrogen (secondary N) is 1. The lowest BCUT2D eigenvalue weighted by atomic mass is 9.91. The van der Waals surface area contributed by atoms with Crippen molar-refractivity contribution < 1.29 is 9.31 Å². The second-order valence-electron chi connectivity index (χ2n) is 5.07. The van der Waals surface area contributed by atoms with Gasteiger partial charge in [-0.15, -0.1) is 0 Å². The van der Waals surface area contributed by atoms with Gasteiger partial charge in [0.1, 0.15) is 11.5 Å². The van der Waals surface area contributed by atoms with Crippen molar-refractivity contribution in [2.75, 3.05) is 5.32 Å². The van der Waals surface area contributed by atoms with Crippen LogP contribution in [0.25, 0.3) is 0 Å². The summed E-state index contributed by atoms with van der Waals surface area (Å²) in [4.78, 5) is 10.4. The number of rotatable bonds is 3. The molecule has 0 heterocycles. The van der Waals surface area contributed by atoms with Crippen molar-refractivity contribution in [3.8, 4) is 0 Å². The van der Waals surface area contributed by atoms with Crippen LogP contribution in [-0.4, -0.2) is 17.0 Å². The van der Waals surface area contributed by atoms with E-state index >= 15 is 0 Å². The fourth-order valence-electron chi connectivity index (χ4n) is 2.48. The summed E-state index contributed by atoms with van der Waals surface area (Å²) in [6.07, 6.45) is 3.93. The van der Waals surface area contributed by atoms with Crippen molar-refractivity contribution >= 4 is 11.4 Å². The van der Waals surface area contributed by atoms with E-state index in [4.69, 9.17) is 5.73 Å². The molecule has 3 N–H and O–H groups in total. The molecule has 0 saturated heterocycles. The molecule has 1 aliphatic rings. The lowest BCUT2D eigenvalue weighted by Crippen LogP contribution is -2.42. The molecule has 1 aliphatic carbocycles. The Balaban J connectivity index is 2.27. The van der Waals surface area contributed by atoms with Gasteiger partial charge in [-0.05, 0) is 31.4 Å². The minimum absolute atomic E-state index is 0.0114. The number of nitro benzene ring substituents is 1. The van der Waals surface area contributed by atoms with E-state index < -0.39 is 10.7 Å². The third-order valence-corrected chi connectivity index (χ3v) is 3.63. The molecule has 6 heteroatoms. The SMILES string of the molecule is Cc1cc(N[C@@H]2CCCC[C@H]2N)c([N+](=O)[O-])cc1F. The average Bonchev–Trinajstić information content (AvgIpc) is 2.36. The van der Waals surface area contributed by atoms with Gasteiger partial charge in [-0.1, -0.05) is 12.8 Å². The van der Waals surface area contributed by atoms with Crippen LogP contribution in [0, 0.1) is 22.9 Å². The Morgan fingerprint density at radius 3 is 2.74 bits per heavy atom. The van der Waals surface area contributed by atoms with E-state index in [1.54, 1.807) is 6.92 Å². The maximum atomic E-state index is 13.4. The van der Waals surface area contributed by atoms with Gasteiger partial charge in [0, 0.05) is 12.1 Å². The Hall–Kier alpha value is -1.69. The van der Waals surface area contributed by atoms with E-state index in [-0.39, 0.29) is 17.8 Å². The highest BCUT2D eigenvalue weighted by atomic mass is 19.1. The Morgan fingerprint density at radius 2 is 2.11 bits per heavy atom. The van der Waals surface area contributed by atoms with Crippen molar-refractivity contribution in [2.45, 2.75) is 44.7 Å². The molecule has 104 valence electrons. The highest BCUT2D eigenvalue weighted by molar-refractivity contribution is 5.63. The van der Waals surface area contributed by atoms with Gasteiger partial charge in [-0.2, -0.15) is 0 Å².